The van der Waals surface area contributed by atoms with E-state index in [1.807, 2.05) is 55.5 Å². The van der Waals surface area contributed by atoms with E-state index in [0.717, 1.165) is 33.4 Å². The molecule has 0 bridgehead atoms. The number of primary amides is 1. The molecule has 3 aromatic carbocycles. The molecule has 32 heavy (non-hydrogen) atoms. The number of aryl methyl sites for hydroxylation is 1. The maximum absolute atomic E-state index is 11.8. The Bertz CT molecular complexity index is 1290. The quantitative estimate of drug-likeness (QED) is 0.419. The second kappa shape index (κ2) is 9.34. The molecule has 0 aliphatic rings. The number of carbonyl (C=O) groups excluding carboxylic acids is 1. The molecule has 0 fully saturated rings. The van der Waals surface area contributed by atoms with Crippen molar-refractivity contribution >= 4 is 28.6 Å². The zero-order valence-electron chi connectivity index (χ0n) is 18.0. The molecule has 0 unspecified atom stereocenters. The molecule has 0 radical (unpaired) electrons. The van der Waals surface area contributed by atoms with Crippen molar-refractivity contribution in [3.05, 3.63) is 83.7 Å². The number of aliphatic imine (C=N–C) groups is 1. The lowest BCUT2D eigenvalue weighted by atomic mass is 10.1. The lowest BCUT2D eigenvalue weighted by Crippen LogP contribution is -2.17. The minimum Gasteiger partial charge on any atom is -0.496 e. The van der Waals surface area contributed by atoms with Gasteiger partial charge in [0.05, 0.1) is 13.3 Å². The summed E-state index contributed by atoms with van der Waals surface area (Å²) in [5.74, 6) is 0.943. The third kappa shape index (κ3) is 4.46. The van der Waals surface area contributed by atoms with Crippen molar-refractivity contribution in [3.63, 3.8) is 0 Å². The van der Waals surface area contributed by atoms with Gasteiger partial charge in [0.25, 0.3) is 5.91 Å². The van der Waals surface area contributed by atoms with Gasteiger partial charge in [-0.05, 0) is 53.6 Å². The maximum Gasteiger partial charge on any atom is 0.269 e. The number of amides is 1. The smallest absolute Gasteiger partial charge is 0.269 e. The molecule has 4 rings (SSSR count). The fraction of sp³-hybridized carbons (Fsp3) is 0.160. The molecule has 1 amide bonds. The monoisotopic (exact) mass is 428 g/mol. The largest absolute Gasteiger partial charge is 0.496 e. The number of rotatable bonds is 8. The first kappa shape index (κ1) is 21.1. The summed E-state index contributed by atoms with van der Waals surface area (Å²) in [5.41, 5.74) is 7.93. The Morgan fingerprint density at radius 3 is 2.69 bits per heavy atom. The van der Waals surface area contributed by atoms with E-state index < -0.39 is 5.91 Å². The lowest BCUT2D eigenvalue weighted by Gasteiger charge is -2.12. The summed E-state index contributed by atoms with van der Waals surface area (Å²) in [5, 5.41) is 6.45. The van der Waals surface area contributed by atoms with Crippen molar-refractivity contribution < 1.29 is 14.3 Å². The number of fused-ring (bicyclic) bond motifs is 1. The van der Waals surface area contributed by atoms with Crippen LogP contribution in [0, 0.1) is 0 Å². The van der Waals surface area contributed by atoms with Crippen LogP contribution in [0.3, 0.4) is 0 Å². The SMILES string of the molecule is CCn1ncc(N=Cc2ccc(OC)c(COc3ccc4ccccc4c3)c2)c1C(N)=O. The van der Waals surface area contributed by atoms with Gasteiger partial charge < -0.3 is 15.2 Å². The second-order valence-electron chi connectivity index (χ2n) is 7.19. The highest BCUT2D eigenvalue weighted by Crippen LogP contribution is 2.25. The van der Waals surface area contributed by atoms with Crippen LogP contribution >= 0.6 is 0 Å². The molecule has 7 heteroatoms. The summed E-state index contributed by atoms with van der Waals surface area (Å²) in [6, 6.07) is 19.9. The highest BCUT2D eigenvalue weighted by Gasteiger charge is 2.14. The van der Waals surface area contributed by atoms with E-state index in [-0.39, 0.29) is 5.69 Å². The molecule has 162 valence electrons. The minimum absolute atomic E-state index is 0.289. The highest BCUT2D eigenvalue weighted by atomic mass is 16.5. The third-order valence-corrected chi connectivity index (χ3v) is 5.13. The molecule has 7 nitrogen and oxygen atoms in total. The molecule has 1 aromatic heterocycles. The Morgan fingerprint density at radius 1 is 1.12 bits per heavy atom. The van der Waals surface area contributed by atoms with Crippen molar-refractivity contribution in [3.8, 4) is 11.5 Å². The van der Waals surface area contributed by atoms with Crippen LogP contribution in [0.15, 0.2) is 71.9 Å². The Hall–Kier alpha value is -4.13. The molecular weight excluding hydrogens is 404 g/mol. The van der Waals surface area contributed by atoms with E-state index in [2.05, 4.69) is 22.2 Å². The normalized spacial score (nSPS) is 11.2. The predicted molar refractivity (Wildman–Crippen MR) is 125 cm³/mol. The molecule has 0 spiro atoms. The minimum atomic E-state index is -0.560. The van der Waals surface area contributed by atoms with Crippen LogP contribution in [0.1, 0.15) is 28.5 Å². The molecule has 1 heterocycles. The topological polar surface area (TPSA) is 91.7 Å². The molecular formula is C25H24N4O3. The first-order chi connectivity index (χ1) is 15.6. The summed E-state index contributed by atoms with van der Waals surface area (Å²) in [6.07, 6.45) is 3.20. The van der Waals surface area contributed by atoms with Gasteiger partial charge in [-0.3, -0.25) is 14.5 Å². The Labute approximate surface area is 186 Å². The average molecular weight is 428 g/mol. The molecule has 0 atom stereocenters. The van der Waals surface area contributed by atoms with Gasteiger partial charge in [0, 0.05) is 18.3 Å². The fourth-order valence-corrected chi connectivity index (χ4v) is 3.52. The van der Waals surface area contributed by atoms with Crippen molar-refractivity contribution in [2.75, 3.05) is 7.11 Å². The molecule has 4 aromatic rings. The van der Waals surface area contributed by atoms with E-state index in [1.165, 1.54) is 10.9 Å². The Kier molecular flexibility index (Phi) is 6.17. The summed E-state index contributed by atoms with van der Waals surface area (Å²) < 4.78 is 13.1. The third-order valence-electron chi connectivity index (χ3n) is 5.13. The van der Waals surface area contributed by atoms with Crippen LogP contribution < -0.4 is 15.2 Å². The van der Waals surface area contributed by atoms with Gasteiger partial charge in [-0.1, -0.05) is 30.3 Å². The number of ether oxygens (including phenoxy) is 2. The van der Waals surface area contributed by atoms with Crippen LogP contribution in [0.5, 0.6) is 11.5 Å². The maximum atomic E-state index is 11.8. The number of aromatic nitrogens is 2. The van der Waals surface area contributed by atoms with Crippen LogP contribution in [-0.2, 0) is 13.2 Å². The summed E-state index contributed by atoms with van der Waals surface area (Å²) in [6.45, 7) is 2.76. The fourth-order valence-electron chi connectivity index (χ4n) is 3.52. The van der Waals surface area contributed by atoms with Crippen molar-refractivity contribution in [1.29, 1.82) is 0 Å². The van der Waals surface area contributed by atoms with Gasteiger partial charge in [0.2, 0.25) is 0 Å². The molecule has 0 aliphatic heterocycles. The van der Waals surface area contributed by atoms with E-state index >= 15 is 0 Å². The summed E-state index contributed by atoms with van der Waals surface area (Å²) in [7, 11) is 1.63. The van der Waals surface area contributed by atoms with Gasteiger partial charge in [0.1, 0.15) is 23.8 Å². The van der Waals surface area contributed by atoms with Crippen LogP contribution in [0.25, 0.3) is 10.8 Å². The average Bonchev–Trinajstić information content (AvgIpc) is 3.24. The zero-order valence-corrected chi connectivity index (χ0v) is 18.0. The second-order valence-corrected chi connectivity index (χ2v) is 7.19. The van der Waals surface area contributed by atoms with Crippen molar-refractivity contribution in [2.45, 2.75) is 20.1 Å². The number of hydrogen-bond acceptors (Lipinski definition) is 5. The summed E-state index contributed by atoms with van der Waals surface area (Å²) in [4.78, 5) is 16.2. The number of nitrogens with two attached hydrogens (primary N) is 1. The number of benzene rings is 3. The Balaban J connectivity index is 1.55. The van der Waals surface area contributed by atoms with E-state index in [0.29, 0.717) is 18.8 Å². The number of carbonyl (C=O) groups is 1. The molecule has 0 saturated heterocycles. The predicted octanol–water partition coefficient (Wildman–Crippen LogP) is 4.49. The first-order valence-corrected chi connectivity index (χ1v) is 10.3. The van der Waals surface area contributed by atoms with Crippen molar-refractivity contribution in [1.82, 2.24) is 9.78 Å². The molecule has 2 N–H and O–H groups in total. The van der Waals surface area contributed by atoms with Gasteiger partial charge in [-0.2, -0.15) is 5.10 Å². The standard InChI is InChI=1S/C25H24N4O3/c1-3-29-24(25(26)30)22(15-28-29)27-14-17-8-11-23(31-2)20(12-17)16-32-21-10-9-18-6-4-5-7-19(18)13-21/h4-15H,3,16H2,1-2H3,(H2,26,30). The van der Waals surface area contributed by atoms with Crippen molar-refractivity contribution in [2.24, 2.45) is 10.7 Å². The van der Waals surface area contributed by atoms with E-state index in [9.17, 15) is 4.79 Å². The lowest BCUT2D eigenvalue weighted by molar-refractivity contribution is 0.0991. The van der Waals surface area contributed by atoms with Gasteiger partial charge in [-0.15, -0.1) is 0 Å². The van der Waals surface area contributed by atoms with E-state index in [4.69, 9.17) is 15.2 Å². The summed E-state index contributed by atoms with van der Waals surface area (Å²) >= 11 is 0. The van der Waals surface area contributed by atoms with Gasteiger partial charge in [-0.25, -0.2) is 0 Å². The van der Waals surface area contributed by atoms with Crippen LogP contribution in [-0.4, -0.2) is 29.0 Å². The number of nitrogens with zero attached hydrogens (tertiary/aromatic N) is 3. The van der Waals surface area contributed by atoms with Crippen LogP contribution in [0.2, 0.25) is 0 Å². The van der Waals surface area contributed by atoms with Gasteiger partial charge in [0.15, 0.2) is 5.69 Å². The molecule has 0 aliphatic carbocycles. The van der Waals surface area contributed by atoms with E-state index in [1.54, 1.807) is 13.3 Å². The Morgan fingerprint density at radius 2 is 1.94 bits per heavy atom. The first-order valence-electron chi connectivity index (χ1n) is 10.3. The zero-order chi connectivity index (χ0) is 22.5. The number of hydrogen-bond donors (Lipinski definition) is 1. The molecule has 0 saturated carbocycles. The number of methoxy groups -OCH3 is 1. The van der Waals surface area contributed by atoms with Crippen LogP contribution in [0.4, 0.5) is 5.69 Å². The highest BCUT2D eigenvalue weighted by molar-refractivity contribution is 5.97. The van der Waals surface area contributed by atoms with Gasteiger partial charge >= 0.3 is 0 Å².